The fourth-order valence-corrected chi connectivity index (χ4v) is 2.40. The van der Waals surface area contributed by atoms with Gasteiger partial charge in [0.1, 0.15) is 0 Å². The van der Waals surface area contributed by atoms with E-state index in [1.807, 2.05) is 60.5 Å². The Labute approximate surface area is 111 Å². The van der Waals surface area contributed by atoms with Crippen LogP contribution in [0.4, 0.5) is 17.1 Å². The van der Waals surface area contributed by atoms with Crippen molar-refractivity contribution in [2.24, 2.45) is 0 Å². The molecule has 2 aromatic rings. The lowest BCUT2D eigenvalue weighted by molar-refractivity contribution is 0.0776. The molecule has 1 aliphatic rings. The van der Waals surface area contributed by atoms with Crippen LogP contribution < -0.4 is 9.96 Å². The standard InChI is InChI=1S/C15H14N2O2/c1-16-12-8-4-3-7-11(12)15(18)17(19-2)14-10-6-5-9-13(14)16/h3-10H,1-2H3. The van der Waals surface area contributed by atoms with Crippen LogP contribution in [0.2, 0.25) is 0 Å². The summed E-state index contributed by atoms with van der Waals surface area (Å²) < 4.78 is 0. The molecule has 0 saturated carbocycles. The van der Waals surface area contributed by atoms with E-state index in [-0.39, 0.29) is 5.91 Å². The van der Waals surface area contributed by atoms with Crippen LogP contribution in [0.5, 0.6) is 0 Å². The quantitative estimate of drug-likeness (QED) is 0.784. The first kappa shape index (κ1) is 11.7. The molecule has 1 heterocycles. The fourth-order valence-electron chi connectivity index (χ4n) is 2.40. The number of benzene rings is 2. The topological polar surface area (TPSA) is 32.8 Å². The van der Waals surface area contributed by atoms with Crippen molar-refractivity contribution >= 4 is 23.0 Å². The lowest BCUT2D eigenvalue weighted by atomic mass is 10.1. The maximum absolute atomic E-state index is 12.6. The molecule has 2 aromatic carbocycles. The van der Waals surface area contributed by atoms with E-state index in [4.69, 9.17) is 4.84 Å². The van der Waals surface area contributed by atoms with Gasteiger partial charge in [-0.1, -0.05) is 24.3 Å². The molecule has 0 unspecified atom stereocenters. The van der Waals surface area contributed by atoms with Gasteiger partial charge in [0.2, 0.25) is 0 Å². The number of anilines is 3. The average molecular weight is 254 g/mol. The van der Waals surface area contributed by atoms with Gasteiger partial charge in [0.15, 0.2) is 0 Å². The molecule has 0 N–H and O–H groups in total. The van der Waals surface area contributed by atoms with Gasteiger partial charge in [-0.05, 0) is 24.3 Å². The summed E-state index contributed by atoms with van der Waals surface area (Å²) in [5, 5.41) is 1.33. The van der Waals surface area contributed by atoms with Gasteiger partial charge in [-0.2, -0.15) is 5.06 Å². The highest BCUT2D eigenvalue weighted by Gasteiger charge is 2.29. The second-order valence-electron chi connectivity index (χ2n) is 4.35. The second-order valence-corrected chi connectivity index (χ2v) is 4.35. The van der Waals surface area contributed by atoms with Crippen molar-refractivity contribution in [1.82, 2.24) is 0 Å². The first-order chi connectivity index (χ1) is 9.24. The van der Waals surface area contributed by atoms with Gasteiger partial charge in [0.05, 0.1) is 29.7 Å². The molecule has 4 nitrogen and oxygen atoms in total. The number of carbonyl (C=O) groups is 1. The molecule has 1 aliphatic heterocycles. The van der Waals surface area contributed by atoms with Gasteiger partial charge in [0, 0.05) is 7.05 Å². The molecule has 0 saturated heterocycles. The summed E-state index contributed by atoms with van der Waals surface area (Å²) in [5.41, 5.74) is 3.18. The molecule has 0 aliphatic carbocycles. The van der Waals surface area contributed by atoms with E-state index in [1.54, 1.807) is 0 Å². The maximum atomic E-state index is 12.6. The van der Waals surface area contributed by atoms with Crippen LogP contribution in [0.25, 0.3) is 0 Å². The minimum atomic E-state index is -0.157. The summed E-state index contributed by atoms with van der Waals surface area (Å²) in [6, 6.07) is 15.2. The van der Waals surface area contributed by atoms with Crippen molar-refractivity contribution in [3.05, 3.63) is 54.1 Å². The first-order valence-corrected chi connectivity index (χ1v) is 6.04. The number of para-hydroxylation sites is 3. The third-order valence-corrected chi connectivity index (χ3v) is 3.32. The summed E-state index contributed by atoms with van der Waals surface area (Å²) in [4.78, 5) is 19.8. The van der Waals surface area contributed by atoms with Crippen molar-refractivity contribution in [2.75, 3.05) is 24.1 Å². The van der Waals surface area contributed by atoms with Crippen molar-refractivity contribution in [3.63, 3.8) is 0 Å². The smallest absolute Gasteiger partial charge is 0.284 e. The second kappa shape index (κ2) is 4.40. The van der Waals surface area contributed by atoms with Crippen molar-refractivity contribution < 1.29 is 9.63 Å². The largest absolute Gasteiger partial charge is 0.342 e. The van der Waals surface area contributed by atoms with Gasteiger partial charge >= 0.3 is 0 Å². The molecule has 0 aromatic heterocycles. The van der Waals surface area contributed by atoms with Crippen molar-refractivity contribution in [1.29, 1.82) is 0 Å². The van der Waals surface area contributed by atoms with E-state index in [0.717, 1.165) is 17.1 Å². The molecule has 96 valence electrons. The molecule has 0 radical (unpaired) electrons. The van der Waals surface area contributed by atoms with Gasteiger partial charge in [-0.25, -0.2) is 0 Å². The normalized spacial score (nSPS) is 13.9. The van der Waals surface area contributed by atoms with Gasteiger partial charge in [0.25, 0.3) is 5.91 Å². The molecule has 4 heteroatoms. The van der Waals surface area contributed by atoms with Crippen molar-refractivity contribution in [2.45, 2.75) is 0 Å². The number of nitrogens with zero attached hydrogens (tertiary/aromatic N) is 2. The highest BCUT2D eigenvalue weighted by atomic mass is 16.7. The molecule has 0 bridgehead atoms. The lowest BCUT2D eigenvalue weighted by Gasteiger charge is -2.22. The molecule has 1 amide bonds. The highest BCUT2D eigenvalue weighted by Crippen LogP contribution is 2.39. The summed E-state index contributed by atoms with van der Waals surface area (Å²) in [5.74, 6) is -0.157. The van der Waals surface area contributed by atoms with Crippen LogP contribution in [0.1, 0.15) is 10.4 Å². The Bertz CT molecular complexity index is 640. The first-order valence-electron chi connectivity index (χ1n) is 6.04. The zero-order valence-electron chi connectivity index (χ0n) is 10.8. The van der Waals surface area contributed by atoms with Crippen LogP contribution >= 0.6 is 0 Å². The third-order valence-electron chi connectivity index (χ3n) is 3.32. The highest BCUT2D eigenvalue weighted by molar-refractivity contribution is 6.12. The summed E-state index contributed by atoms with van der Waals surface area (Å²) in [6.07, 6.45) is 0. The van der Waals surface area contributed by atoms with Crippen LogP contribution in [-0.2, 0) is 4.84 Å². The van der Waals surface area contributed by atoms with Crippen LogP contribution in [-0.4, -0.2) is 20.1 Å². The van der Waals surface area contributed by atoms with E-state index in [9.17, 15) is 4.79 Å². The molecule has 0 fully saturated rings. The van der Waals surface area contributed by atoms with E-state index in [0.29, 0.717) is 5.56 Å². The Morgan fingerprint density at radius 3 is 2.16 bits per heavy atom. The Morgan fingerprint density at radius 1 is 0.895 bits per heavy atom. The predicted octanol–water partition coefficient (Wildman–Crippen LogP) is 2.98. The van der Waals surface area contributed by atoms with Crippen LogP contribution in [0.3, 0.4) is 0 Å². The average Bonchev–Trinajstić information content (AvgIpc) is 2.55. The van der Waals surface area contributed by atoms with Gasteiger partial charge in [-0.3, -0.25) is 9.63 Å². The SMILES string of the molecule is CON1C(=O)c2ccccc2N(C)c2ccccc21. The minimum absolute atomic E-state index is 0.157. The molecule has 19 heavy (non-hydrogen) atoms. The fraction of sp³-hybridized carbons (Fsp3) is 0.133. The lowest BCUT2D eigenvalue weighted by Crippen LogP contribution is -2.28. The zero-order chi connectivity index (χ0) is 13.4. The monoisotopic (exact) mass is 254 g/mol. The molecule has 3 rings (SSSR count). The number of carbonyl (C=O) groups excluding carboxylic acids is 1. The predicted molar refractivity (Wildman–Crippen MR) is 74.8 cm³/mol. The number of rotatable bonds is 1. The summed E-state index contributed by atoms with van der Waals surface area (Å²) in [6.45, 7) is 0. The van der Waals surface area contributed by atoms with Crippen LogP contribution in [0.15, 0.2) is 48.5 Å². The van der Waals surface area contributed by atoms with Crippen molar-refractivity contribution in [3.8, 4) is 0 Å². The van der Waals surface area contributed by atoms with E-state index >= 15 is 0 Å². The minimum Gasteiger partial charge on any atom is -0.342 e. The number of hydrogen-bond acceptors (Lipinski definition) is 3. The number of hydrogen-bond donors (Lipinski definition) is 0. The molecule has 0 atom stereocenters. The Morgan fingerprint density at radius 2 is 1.47 bits per heavy atom. The maximum Gasteiger partial charge on any atom is 0.284 e. The van der Waals surface area contributed by atoms with E-state index in [2.05, 4.69) is 0 Å². The van der Waals surface area contributed by atoms with E-state index in [1.165, 1.54) is 12.2 Å². The zero-order valence-corrected chi connectivity index (χ0v) is 10.8. The number of amides is 1. The Kier molecular flexibility index (Phi) is 2.72. The van der Waals surface area contributed by atoms with Gasteiger partial charge in [-0.15, -0.1) is 0 Å². The van der Waals surface area contributed by atoms with Crippen LogP contribution in [0, 0.1) is 0 Å². The third kappa shape index (κ3) is 1.69. The molecule has 0 spiro atoms. The Balaban J connectivity index is 2.30. The number of fused-ring (bicyclic) bond motifs is 2. The molecular formula is C15H14N2O2. The molecular weight excluding hydrogens is 240 g/mol. The summed E-state index contributed by atoms with van der Waals surface area (Å²) >= 11 is 0. The Hall–Kier alpha value is -2.33. The number of hydroxylamine groups is 1. The summed E-state index contributed by atoms with van der Waals surface area (Å²) in [7, 11) is 3.45. The van der Waals surface area contributed by atoms with E-state index < -0.39 is 0 Å². The van der Waals surface area contributed by atoms with Gasteiger partial charge < -0.3 is 4.90 Å².